The van der Waals surface area contributed by atoms with Crippen LogP contribution in [0.2, 0.25) is 0 Å². The highest BCUT2D eigenvalue weighted by Gasteiger charge is 2.38. The molecule has 1 fully saturated rings. The van der Waals surface area contributed by atoms with Crippen molar-refractivity contribution in [3.8, 4) is 0 Å². The van der Waals surface area contributed by atoms with Crippen molar-refractivity contribution >= 4 is 11.6 Å². The van der Waals surface area contributed by atoms with Crippen LogP contribution in [0.4, 0.5) is 5.69 Å². The van der Waals surface area contributed by atoms with Gasteiger partial charge in [0, 0.05) is 11.7 Å². The molecular weight excluding hydrogens is 226 g/mol. The van der Waals surface area contributed by atoms with Gasteiger partial charge < -0.3 is 10.2 Å². The van der Waals surface area contributed by atoms with Gasteiger partial charge in [-0.1, -0.05) is 0 Å². The lowest BCUT2D eigenvalue weighted by atomic mass is 9.96. The van der Waals surface area contributed by atoms with Gasteiger partial charge in [0.15, 0.2) is 0 Å². The summed E-state index contributed by atoms with van der Waals surface area (Å²) in [7, 11) is 1.85. The fourth-order valence-corrected chi connectivity index (χ4v) is 2.66. The quantitative estimate of drug-likeness (QED) is 0.869. The normalized spacial score (nSPS) is 23.8. The summed E-state index contributed by atoms with van der Waals surface area (Å²) in [6, 6.07) is 3.73. The molecule has 0 radical (unpaired) electrons. The molecule has 0 saturated carbocycles. The minimum Gasteiger partial charge on any atom is -0.309 e. The highest BCUT2D eigenvalue weighted by molar-refractivity contribution is 5.98. The number of amides is 1. The number of anilines is 1. The number of carbonyl (C=O) groups is 1. The van der Waals surface area contributed by atoms with Crippen molar-refractivity contribution in [3.05, 3.63) is 24.5 Å². The SMILES string of the molecule is CNC1CCCC(C)(C)N(c2cccnc2)C1=O. The number of aromatic nitrogens is 1. The second kappa shape index (κ2) is 5.06. The molecule has 1 amide bonds. The second-order valence-electron chi connectivity index (χ2n) is 5.43. The summed E-state index contributed by atoms with van der Waals surface area (Å²) in [4.78, 5) is 18.7. The lowest BCUT2D eigenvalue weighted by Gasteiger charge is -2.38. The number of hydrogen-bond donors (Lipinski definition) is 1. The first-order valence-corrected chi connectivity index (χ1v) is 6.47. The number of carbonyl (C=O) groups excluding carboxylic acids is 1. The summed E-state index contributed by atoms with van der Waals surface area (Å²) in [6.45, 7) is 4.24. The Morgan fingerprint density at radius 2 is 2.28 bits per heavy atom. The summed E-state index contributed by atoms with van der Waals surface area (Å²) < 4.78 is 0. The molecule has 1 aromatic heterocycles. The highest BCUT2D eigenvalue weighted by Crippen LogP contribution is 2.31. The third-order valence-corrected chi connectivity index (χ3v) is 3.66. The Kier molecular flexibility index (Phi) is 3.66. The van der Waals surface area contributed by atoms with Crippen LogP contribution in [0.15, 0.2) is 24.5 Å². The first-order chi connectivity index (χ1) is 8.56. The van der Waals surface area contributed by atoms with Gasteiger partial charge in [0.1, 0.15) is 0 Å². The zero-order valence-corrected chi connectivity index (χ0v) is 11.3. The van der Waals surface area contributed by atoms with Gasteiger partial charge in [0.25, 0.3) is 0 Å². The van der Waals surface area contributed by atoms with E-state index >= 15 is 0 Å². The van der Waals surface area contributed by atoms with Crippen molar-refractivity contribution in [2.45, 2.75) is 44.7 Å². The molecule has 0 spiro atoms. The molecule has 0 bridgehead atoms. The fourth-order valence-electron chi connectivity index (χ4n) is 2.66. The molecule has 2 heterocycles. The van der Waals surface area contributed by atoms with E-state index in [1.807, 2.05) is 24.1 Å². The van der Waals surface area contributed by atoms with Crippen molar-refractivity contribution in [2.24, 2.45) is 0 Å². The lowest BCUT2D eigenvalue weighted by molar-refractivity contribution is -0.121. The average molecular weight is 247 g/mol. The molecule has 2 rings (SSSR count). The van der Waals surface area contributed by atoms with E-state index < -0.39 is 0 Å². The van der Waals surface area contributed by atoms with Crippen molar-refractivity contribution in [3.63, 3.8) is 0 Å². The maximum atomic E-state index is 12.6. The Hall–Kier alpha value is -1.42. The molecule has 1 saturated heterocycles. The Morgan fingerprint density at radius 1 is 1.50 bits per heavy atom. The van der Waals surface area contributed by atoms with Gasteiger partial charge in [-0.3, -0.25) is 9.78 Å². The number of hydrogen-bond acceptors (Lipinski definition) is 3. The summed E-state index contributed by atoms with van der Waals surface area (Å²) in [6.07, 6.45) is 6.45. The standard InChI is InChI=1S/C14H21N3O/c1-14(2)8-4-7-12(15-3)13(18)17(14)11-6-5-9-16-10-11/h5-6,9-10,12,15H,4,7-8H2,1-3H3. The highest BCUT2D eigenvalue weighted by atomic mass is 16.2. The van der Waals surface area contributed by atoms with Crippen molar-refractivity contribution in [1.29, 1.82) is 0 Å². The van der Waals surface area contributed by atoms with Crippen LogP contribution in [-0.4, -0.2) is 29.5 Å². The van der Waals surface area contributed by atoms with E-state index in [0.717, 1.165) is 24.9 Å². The monoisotopic (exact) mass is 247 g/mol. The smallest absolute Gasteiger partial charge is 0.244 e. The number of rotatable bonds is 2. The number of nitrogens with zero attached hydrogens (tertiary/aromatic N) is 2. The maximum absolute atomic E-state index is 12.6. The molecule has 1 aliphatic rings. The number of nitrogens with one attached hydrogen (secondary N) is 1. The molecule has 1 atom stereocenters. The van der Waals surface area contributed by atoms with Crippen LogP contribution < -0.4 is 10.2 Å². The third-order valence-electron chi connectivity index (χ3n) is 3.66. The van der Waals surface area contributed by atoms with Crippen molar-refractivity contribution in [2.75, 3.05) is 11.9 Å². The van der Waals surface area contributed by atoms with E-state index in [0.29, 0.717) is 0 Å². The lowest BCUT2D eigenvalue weighted by Crippen LogP contribution is -2.52. The number of pyridine rings is 1. The molecule has 1 aromatic rings. The fraction of sp³-hybridized carbons (Fsp3) is 0.571. The van der Waals surface area contributed by atoms with Gasteiger partial charge in [-0.15, -0.1) is 0 Å². The van der Waals surface area contributed by atoms with Crippen molar-refractivity contribution in [1.82, 2.24) is 10.3 Å². The van der Waals surface area contributed by atoms with E-state index in [2.05, 4.69) is 24.1 Å². The van der Waals surface area contributed by atoms with Crippen molar-refractivity contribution < 1.29 is 4.79 Å². The molecule has 0 aliphatic carbocycles. The average Bonchev–Trinajstić information content (AvgIpc) is 2.46. The zero-order valence-electron chi connectivity index (χ0n) is 11.3. The van der Waals surface area contributed by atoms with E-state index in [9.17, 15) is 4.79 Å². The van der Waals surface area contributed by atoms with Gasteiger partial charge in [0.05, 0.1) is 17.9 Å². The molecule has 4 heteroatoms. The largest absolute Gasteiger partial charge is 0.309 e. The number of likely N-dealkylation sites (N-methyl/N-ethyl adjacent to an activating group) is 1. The zero-order chi connectivity index (χ0) is 13.2. The summed E-state index contributed by atoms with van der Waals surface area (Å²) in [5.41, 5.74) is 0.723. The topological polar surface area (TPSA) is 45.2 Å². The molecule has 1 unspecified atom stereocenters. The van der Waals surface area contributed by atoms with Crippen LogP contribution in [0.5, 0.6) is 0 Å². The van der Waals surface area contributed by atoms with Gasteiger partial charge >= 0.3 is 0 Å². The second-order valence-corrected chi connectivity index (χ2v) is 5.43. The van der Waals surface area contributed by atoms with Gasteiger partial charge in [-0.25, -0.2) is 0 Å². The Balaban J connectivity index is 2.40. The van der Waals surface area contributed by atoms with E-state index in [4.69, 9.17) is 0 Å². The Labute approximate surface area is 108 Å². The van der Waals surface area contributed by atoms with Gasteiger partial charge in [0.2, 0.25) is 5.91 Å². The van der Waals surface area contributed by atoms with E-state index in [1.165, 1.54) is 0 Å². The van der Waals surface area contributed by atoms with E-state index in [1.54, 1.807) is 12.4 Å². The minimum absolute atomic E-state index is 0.0908. The van der Waals surface area contributed by atoms with Gasteiger partial charge in [-0.05, 0) is 52.3 Å². The first kappa shape index (κ1) is 13.0. The third kappa shape index (κ3) is 2.38. The maximum Gasteiger partial charge on any atom is 0.244 e. The predicted octanol–water partition coefficient (Wildman–Crippen LogP) is 1.97. The molecule has 4 nitrogen and oxygen atoms in total. The molecule has 1 aliphatic heterocycles. The van der Waals surface area contributed by atoms with Crippen LogP contribution in [0, 0.1) is 0 Å². The predicted molar refractivity (Wildman–Crippen MR) is 72.5 cm³/mol. The Morgan fingerprint density at radius 3 is 2.89 bits per heavy atom. The van der Waals surface area contributed by atoms with Gasteiger partial charge in [-0.2, -0.15) is 0 Å². The summed E-state index contributed by atoms with van der Waals surface area (Å²) >= 11 is 0. The molecule has 98 valence electrons. The molecule has 18 heavy (non-hydrogen) atoms. The van der Waals surface area contributed by atoms with Crippen LogP contribution in [-0.2, 0) is 4.79 Å². The van der Waals surface area contributed by atoms with Crippen LogP contribution in [0.3, 0.4) is 0 Å². The Bertz CT molecular complexity index is 416. The molecular formula is C14H21N3O. The summed E-state index contributed by atoms with van der Waals surface area (Å²) in [5.74, 6) is 0.146. The molecule has 1 N–H and O–H groups in total. The summed E-state index contributed by atoms with van der Waals surface area (Å²) in [5, 5.41) is 3.12. The first-order valence-electron chi connectivity index (χ1n) is 6.47. The van der Waals surface area contributed by atoms with Crippen LogP contribution in [0.1, 0.15) is 33.1 Å². The molecule has 0 aromatic carbocycles. The van der Waals surface area contributed by atoms with Crippen LogP contribution in [0.25, 0.3) is 0 Å². The minimum atomic E-state index is -0.161. The van der Waals surface area contributed by atoms with Crippen LogP contribution >= 0.6 is 0 Å². The van der Waals surface area contributed by atoms with E-state index in [-0.39, 0.29) is 17.5 Å².